The predicted octanol–water partition coefficient (Wildman–Crippen LogP) is 4.73. The molecule has 0 spiro atoms. The number of para-hydroxylation sites is 2. The zero-order chi connectivity index (χ0) is 25.0. The number of carbonyl (C=O) groups excluding carboxylic acids is 2. The topological polar surface area (TPSA) is 79.9 Å². The largest absolute Gasteiger partial charge is 0.495 e. The van der Waals surface area contributed by atoms with Crippen molar-refractivity contribution in [3.63, 3.8) is 0 Å². The molecule has 3 amide bonds. The van der Waals surface area contributed by atoms with Crippen LogP contribution in [0, 0.1) is 0 Å². The van der Waals surface area contributed by atoms with Gasteiger partial charge in [0.1, 0.15) is 5.75 Å². The molecule has 0 saturated carbocycles. The zero-order valence-corrected chi connectivity index (χ0v) is 19.2. The van der Waals surface area contributed by atoms with E-state index < -0.39 is 35.8 Å². The molecule has 3 rings (SSSR count). The fourth-order valence-corrected chi connectivity index (χ4v) is 4.08. The zero-order valence-electron chi connectivity index (χ0n) is 19.2. The average Bonchev–Trinajstić information content (AvgIpc) is 2.78. The molecular formula is C24H26F3N3O4. The number of benzene rings is 2. The normalized spacial score (nSPS) is 17.3. The van der Waals surface area contributed by atoms with Crippen LogP contribution in [0.1, 0.15) is 31.0 Å². The van der Waals surface area contributed by atoms with E-state index in [-0.39, 0.29) is 23.4 Å². The van der Waals surface area contributed by atoms with Crippen molar-refractivity contribution < 1.29 is 32.2 Å². The number of carbonyl (C=O) groups is 2. The third kappa shape index (κ3) is 5.01. The first-order valence-electron chi connectivity index (χ1n) is 10.5. The van der Waals surface area contributed by atoms with E-state index in [0.717, 1.165) is 6.07 Å². The Kier molecular flexibility index (Phi) is 7.51. The first-order valence-corrected chi connectivity index (χ1v) is 10.5. The minimum atomic E-state index is -4.68. The van der Waals surface area contributed by atoms with Crippen LogP contribution < -0.4 is 15.4 Å². The Hall–Kier alpha value is -3.53. The first-order chi connectivity index (χ1) is 16.1. The SMILES string of the molecule is COC[C@H](C)N1C(=O)N[C@@H](c2ccccc2C(F)(F)F)C(C(=O)Nc2ccccc2OC)=C1C. The fraction of sp³-hybridized carbons (Fsp3) is 0.333. The lowest BCUT2D eigenvalue weighted by atomic mass is 9.90. The Morgan fingerprint density at radius 2 is 1.79 bits per heavy atom. The average molecular weight is 477 g/mol. The molecule has 1 aliphatic rings. The Morgan fingerprint density at radius 1 is 1.15 bits per heavy atom. The molecule has 0 unspecified atom stereocenters. The van der Waals surface area contributed by atoms with Gasteiger partial charge < -0.3 is 20.1 Å². The molecule has 0 radical (unpaired) electrons. The Labute approximate surface area is 195 Å². The number of hydrogen-bond acceptors (Lipinski definition) is 4. The lowest BCUT2D eigenvalue weighted by Crippen LogP contribution is -2.52. The number of halogens is 3. The minimum absolute atomic E-state index is 0.0230. The van der Waals surface area contributed by atoms with Crippen LogP contribution in [0.25, 0.3) is 0 Å². The highest BCUT2D eigenvalue weighted by Gasteiger charge is 2.42. The number of amides is 3. The molecule has 2 aromatic carbocycles. The molecule has 1 aliphatic heterocycles. The maximum Gasteiger partial charge on any atom is 0.416 e. The van der Waals surface area contributed by atoms with E-state index in [2.05, 4.69) is 10.6 Å². The standard InChI is InChI=1S/C24H26F3N3O4/c1-14(13-33-3)30-15(2)20(22(31)28-18-11-7-8-12-19(18)34-4)21(29-23(30)32)16-9-5-6-10-17(16)24(25,26)27/h5-12,14,21H,13H2,1-4H3,(H,28,31)(H,29,32)/t14-,21-/m0/s1. The maximum atomic E-state index is 13.8. The highest BCUT2D eigenvalue weighted by Crippen LogP contribution is 2.40. The number of hydrogen-bond donors (Lipinski definition) is 2. The fourth-order valence-electron chi connectivity index (χ4n) is 4.08. The molecule has 2 aromatic rings. The van der Waals surface area contributed by atoms with Crippen molar-refractivity contribution in [2.45, 2.75) is 32.1 Å². The van der Waals surface area contributed by atoms with E-state index in [4.69, 9.17) is 9.47 Å². The van der Waals surface area contributed by atoms with E-state index in [9.17, 15) is 22.8 Å². The summed E-state index contributed by atoms with van der Waals surface area (Å²) < 4.78 is 51.8. The van der Waals surface area contributed by atoms with Crippen LogP contribution in [0.5, 0.6) is 5.75 Å². The molecule has 1 heterocycles. The molecule has 0 saturated heterocycles. The van der Waals surface area contributed by atoms with Gasteiger partial charge in [-0.15, -0.1) is 0 Å². The summed E-state index contributed by atoms with van der Waals surface area (Å²) in [6.07, 6.45) is -4.68. The lowest BCUT2D eigenvalue weighted by Gasteiger charge is -2.39. The Morgan fingerprint density at radius 3 is 2.44 bits per heavy atom. The minimum Gasteiger partial charge on any atom is -0.495 e. The van der Waals surface area contributed by atoms with Crippen molar-refractivity contribution in [1.82, 2.24) is 10.2 Å². The van der Waals surface area contributed by atoms with Gasteiger partial charge in [-0.25, -0.2) is 4.79 Å². The van der Waals surface area contributed by atoms with Crippen molar-refractivity contribution in [2.24, 2.45) is 0 Å². The molecule has 7 nitrogen and oxygen atoms in total. The van der Waals surface area contributed by atoms with Gasteiger partial charge in [0.2, 0.25) is 0 Å². The first kappa shape index (κ1) is 25.1. The number of ether oxygens (including phenoxy) is 2. The van der Waals surface area contributed by atoms with Crippen molar-refractivity contribution in [1.29, 1.82) is 0 Å². The molecular weight excluding hydrogens is 451 g/mol. The van der Waals surface area contributed by atoms with Crippen LogP contribution >= 0.6 is 0 Å². The molecule has 2 atom stereocenters. The van der Waals surface area contributed by atoms with Crippen molar-refractivity contribution in [3.8, 4) is 5.75 Å². The van der Waals surface area contributed by atoms with Gasteiger partial charge in [0.15, 0.2) is 0 Å². The van der Waals surface area contributed by atoms with Gasteiger partial charge in [0.25, 0.3) is 5.91 Å². The van der Waals surface area contributed by atoms with E-state index >= 15 is 0 Å². The molecule has 0 aromatic heterocycles. The summed E-state index contributed by atoms with van der Waals surface area (Å²) in [6.45, 7) is 3.41. The Balaban J connectivity index is 2.16. The number of anilines is 1. The number of rotatable bonds is 7. The number of methoxy groups -OCH3 is 2. The second kappa shape index (κ2) is 10.2. The molecule has 10 heteroatoms. The summed E-state index contributed by atoms with van der Waals surface area (Å²) in [5.74, 6) is -0.288. The maximum absolute atomic E-state index is 13.8. The van der Waals surface area contributed by atoms with Crippen LogP contribution in [0.2, 0.25) is 0 Å². The van der Waals surface area contributed by atoms with Crippen LogP contribution in [0.4, 0.5) is 23.7 Å². The summed E-state index contributed by atoms with van der Waals surface area (Å²) >= 11 is 0. The van der Waals surface area contributed by atoms with Crippen LogP contribution in [-0.4, -0.2) is 43.7 Å². The smallest absolute Gasteiger partial charge is 0.416 e. The number of nitrogens with one attached hydrogen (secondary N) is 2. The van der Waals surface area contributed by atoms with Crippen LogP contribution in [-0.2, 0) is 15.7 Å². The van der Waals surface area contributed by atoms with Crippen LogP contribution in [0.3, 0.4) is 0 Å². The van der Waals surface area contributed by atoms with Crippen LogP contribution in [0.15, 0.2) is 59.8 Å². The number of allylic oxidation sites excluding steroid dienone is 1. The summed E-state index contributed by atoms with van der Waals surface area (Å²) in [7, 11) is 2.90. The molecule has 2 N–H and O–H groups in total. The highest BCUT2D eigenvalue weighted by molar-refractivity contribution is 6.07. The van der Waals surface area contributed by atoms with E-state index in [1.54, 1.807) is 31.2 Å². The molecule has 0 bridgehead atoms. The van der Waals surface area contributed by atoms with Gasteiger partial charge in [-0.05, 0) is 37.6 Å². The van der Waals surface area contributed by atoms with Crippen molar-refractivity contribution in [3.05, 3.63) is 70.9 Å². The second-order valence-corrected chi connectivity index (χ2v) is 7.80. The predicted molar refractivity (Wildman–Crippen MR) is 120 cm³/mol. The van der Waals surface area contributed by atoms with Gasteiger partial charge in [-0.1, -0.05) is 30.3 Å². The van der Waals surface area contributed by atoms with Crippen molar-refractivity contribution in [2.75, 3.05) is 26.1 Å². The van der Waals surface area contributed by atoms with Gasteiger partial charge in [0.05, 0.1) is 42.6 Å². The summed E-state index contributed by atoms with van der Waals surface area (Å²) in [5.41, 5.74) is -0.625. The second-order valence-electron chi connectivity index (χ2n) is 7.80. The van der Waals surface area contributed by atoms with E-state index in [0.29, 0.717) is 11.4 Å². The number of alkyl halides is 3. The van der Waals surface area contributed by atoms with Gasteiger partial charge >= 0.3 is 12.2 Å². The van der Waals surface area contributed by atoms with Gasteiger partial charge in [-0.3, -0.25) is 9.69 Å². The third-order valence-corrected chi connectivity index (χ3v) is 5.55. The quantitative estimate of drug-likeness (QED) is 0.605. The Bertz CT molecular complexity index is 1100. The monoisotopic (exact) mass is 477 g/mol. The summed E-state index contributed by atoms with van der Waals surface area (Å²) in [5, 5.41) is 5.31. The number of nitrogens with zero attached hydrogens (tertiary/aromatic N) is 1. The van der Waals surface area contributed by atoms with Crippen molar-refractivity contribution >= 4 is 17.6 Å². The summed E-state index contributed by atoms with van der Waals surface area (Å²) in [4.78, 5) is 27.8. The molecule has 34 heavy (non-hydrogen) atoms. The molecule has 182 valence electrons. The summed E-state index contributed by atoms with van der Waals surface area (Å²) in [6, 6.07) is 9.10. The van der Waals surface area contributed by atoms with E-state index in [1.165, 1.54) is 44.2 Å². The van der Waals surface area contributed by atoms with Gasteiger partial charge in [-0.2, -0.15) is 13.2 Å². The van der Waals surface area contributed by atoms with E-state index in [1.807, 2.05) is 0 Å². The third-order valence-electron chi connectivity index (χ3n) is 5.55. The van der Waals surface area contributed by atoms with Gasteiger partial charge in [0, 0.05) is 12.8 Å². The molecule has 0 fully saturated rings. The highest BCUT2D eigenvalue weighted by atomic mass is 19.4. The molecule has 0 aliphatic carbocycles. The number of urea groups is 1. The lowest BCUT2D eigenvalue weighted by molar-refractivity contribution is -0.138.